The quantitative estimate of drug-likeness (QED) is 0.492. The Balaban J connectivity index is 1.98. The molecular formula is C17H16FN3O4. The summed E-state index contributed by atoms with van der Waals surface area (Å²) in [6.07, 6.45) is 1.32. The van der Waals surface area contributed by atoms with Crippen molar-refractivity contribution in [2.45, 2.75) is 0 Å². The largest absolute Gasteiger partial charge is 0.493 e. The predicted molar refractivity (Wildman–Crippen MR) is 90.3 cm³/mol. The van der Waals surface area contributed by atoms with Gasteiger partial charge >= 0.3 is 11.8 Å². The first-order valence-corrected chi connectivity index (χ1v) is 7.16. The molecule has 0 heterocycles. The molecule has 0 saturated carbocycles. The zero-order valence-corrected chi connectivity index (χ0v) is 13.6. The highest BCUT2D eigenvalue weighted by Gasteiger charge is 2.13. The smallest absolute Gasteiger partial charge is 0.329 e. The topological polar surface area (TPSA) is 89.0 Å². The van der Waals surface area contributed by atoms with Gasteiger partial charge in [0.15, 0.2) is 11.5 Å². The number of hydrogen-bond donors (Lipinski definition) is 2. The molecule has 0 fully saturated rings. The van der Waals surface area contributed by atoms with E-state index in [9.17, 15) is 14.0 Å². The van der Waals surface area contributed by atoms with E-state index in [4.69, 9.17) is 9.47 Å². The molecule has 0 aliphatic carbocycles. The molecule has 7 nitrogen and oxygen atoms in total. The molecule has 25 heavy (non-hydrogen) atoms. The van der Waals surface area contributed by atoms with E-state index >= 15 is 0 Å². The van der Waals surface area contributed by atoms with Gasteiger partial charge in [-0.1, -0.05) is 6.07 Å². The van der Waals surface area contributed by atoms with E-state index in [2.05, 4.69) is 15.8 Å². The third-order valence-corrected chi connectivity index (χ3v) is 3.11. The van der Waals surface area contributed by atoms with Gasteiger partial charge in [-0.15, -0.1) is 0 Å². The van der Waals surface area contributed by atoms with Crippen molar-refractivity contribution in [1.29, 1.82) is 0 Å². The fourth-order valence-electron chi connectivity index (χ4n) is 1.95. The van der Waals surface area contributed by atoms with Crippen LogP contribution in [-0.2, 0) is 9.59 Å². The van der Waals surface area contributed by atoms with Crippen LogP contribution in [0.3, 0.4) is 0 Å². The van der Waals surface area contributed by atoms with Crippen LogP contribution in [0.25, 0.3) is 0 Å². The first-order chi connectivity index (χ1) is 12.0. The van der Waals surface area contributed by atoms with Crippen LogP contribution < -0.4 is 20.2 Å². The summed E-state index contributed by atoms with van der Waals surface area (Å²) in [6, 6.07) is 10.2. The summed E-state index contributed by atoms with van der Waals surface area (Å²) in [6.45, 7) is 0. The summed E-state index contributed by atoms with van der Waals surface area (Å²) in [7, 11) is 2.98. The lowest BCUT2D eigenvalue weighted by atomic mass is 10.2. The van der Waals surface area contributed by atoms with Gasteiger partial charge in [-0.05, 0) is 36.4 Å². The first-order valence-electron chi connectivity index (χ1n) is 7.16. The van der Waals surface area contributed by atoms with Crippen LogP contribution in [0, 0.1) is 5.82 Å². The summed E-state index contributed by atoms with van der Waals surface area (Å²) in [5.41, 5.74) is 2.95. The molecular weight excluding hydrogens is 329 g/mol. The summed E-state index contributed by atoms with van der Waals surface area (Å²) < 4.78 is 23.2. The minimum atomic E-state index is -0.970. The Bertz CT molecular complexity index is 791. The van der Waals surface area contributed by atoms with E-state index in [0.717, 1.165) is 0 Å². The molecule has 2 aromatic carbocycles. The predicted octanol–water partition coefficient (Wildman–Crippen LogP) is 1.93. The average molecular weight is 345 g/mol. The number of carbonyl (C=O) groups excluding carboxylic acids is 2. The summed E-state index contributed by atoms with van der Waals surface area (Å²) in [4.78, 5) is 23.4. The molecule has 0 aliphatic heterocycles. The lowest BCUT2D eigenvalue weighted by molar-refractivity contribution is -0.136. The van der Waals surface area contributed by atoms with Crippen LogP contribution in [-0.4, -0.2) is 32.2 Å². The van der Waals surface area contributed by atoms with Gasteiger partial charge in [0.05, 0.1) is 20.4 Å². The number of amides is 2. The van der Waals surface area contributed by atoms with Gasteiger partial charge in [-0.3, -0.25) is 9.59 Å². The number of para-hydroxylation sites is 1. The van der Waals surface area contributed by atoms with Crippen molar-refractivity contribution >= 4 is 23.7 Å². The van der Waals surface area contributed by atoms with Crippen molar-refractivity contribution in [2.24, 2.45) is 5.10 Å². The van der Waals surface area contributed by atoms with Crippen molar-refractivity contribution in [3.05, 3.63) is 53.8 Å². The molecule has 0 aliphatic rings. The minimum absolute atomic E-state index is 0.292. The Morgan fingerprint density at radius 3 is 2.40 bits per heavy atom. The number of nitrogens with one attached hydrogen (secondary N) is 2. The van der Waals surface area contributed by atoms with E-state index in [1.165, 1.54) is 44.7 Å². The van der Waals surface area contributed by atoms with Gasteiger partial charge in [-0.2, -0.15) is 5.10 Å². The van der Waals surface area contributed by atoms with E-state index in [-0.39, 0.29) is 0 Å². The standard InChI is InChI=1S/C17H16FN3O4/c1-24-14-5-3-4-11(15(14)25-2)10-19-21-17(23)16(22)20-13-8-6-12(18)7-9-13/h3-10H,1-2H3,(H,20,22)(H,21,23)/b19-10+. The Labute approximate surface area is 143 Å². The van der Waals surface area contributed by atoms with Crippen molar-refractivity contribution in [1.82, 2.24) is 5.43 Å². The summed E-state index contributed by atoms with van der Waals surface area (Å²) in [5, 5.41) is 6.04. The number of anilines is 1. The van der Waals surface area contributed by atoms with Crippen molar-refractivity contribution < 1.29 is 23.5 Å². The Kier molecular flexibility index (Phi) is 6.05. The maximum absolute atomic E-state index is 12.8. The van der Waals surface area contributed by atoms with E-state index < -0.39 is 17.6 Å². The van der Waals surface area contributed by atoms with Crippen LogP contribution in [0.1, 0.15) is 5.56 Å². The molecule has 0 atom stereocenters. The molecule has 2 rings (SSSR count). The highest BCUT2D eigenvalue weighted by Crippen LogP contribution is 2.29. The molecule has 0 aromatic heterocycles. The highest BCUT2D eigenvalue weighted by atomic mass is 19.1. The Morgan fingerprint density at radius 2 is 1.76 bits per heavy atom. The molecule has 8 heteroatoms. The number of rotatable bonds is 5. The lowest BCUT2D eigenvalue weighted by Crippen LogP contribution is -2.32. The third-order valence-electron chi connectivity index (χ3n) is 3.11. The fourth-order valence-corrected chi connectivity index (χ4v) is 1.95. The number of hydrazone groups is 1. The Morgan fingerprint density at radius 1 is 1.04 bits per heavy atom. The number of ether oxygens (including phenoxy) is 2. The van der Waals surface area contributed by atoms with Crippen LogP contribution in [0.2, 0.25) is 0 Å². The third kappa shape index (κ3) is 4.77. The molecule has 0 unspecified atom stereocenters. The molecule has 0 bridgehead atoms. The monoisotopic (exact) mass is 345 g/mol. The molecule has 2 N–H and O–H groups in total. The SMILES string of the molecule is COc1cccc(/C=N/NC(=O)C(=O)Nc2ccc(F)cc2)c1OC. The second kappa shape index (κ2) is 8.44. The maximum Gasteiger partial charge on any atom is 0.329 e. The van der Waals surface area contributed by atoms with Crippen LogP contribution in [0.15, 0.2) is 47.6 Å². The second-order valence-corrected chi connectivity index (χ2v) is 4.74. The van der Waals surface area contributed by atoms with Crippen LogP contribution >= 0.6 is 0 Å². The summed E-state index contributed by atoms with van der Waals surface area (Å²) >= 11 is 0. The Hall–Kier alpha value is -3.42. The second-order valence-electron chi connectivity index (χ2n) is 4.74. The van der Waals surface area contributed by atoms with Gasteiger partial charge in [0.1, 0.15) is 5.82 Å². The zero-order valence-electron chi connectivity index (χ0n) is 13.6. The van der Waals surface area contributed by atoms with Crippen LogP contribution in [0.5, 0.6) is 11.5 Å². The number of methoxy groups -OCH3 is 2. The van der Waals surface area contributed by atoms with Crippen molar-refractivity contribution in [3.63, 3.8) is 0 Å². The molecule has 130 valence electrons. The van der Waals surface area contributed by atoms with Gasteiger partial charge in [0.25, 0.3) is 0 Å². The first kappa shape index (κ1) is 17.9. The molecule has 0 radical (unpaired) electrons. The van der Waals surface area contributed by atoms with E-state index in [1.54, 1.807) is 18.2 Å². The minimum Gasteiger partial charge on any atom is -0.493 e. The van der Waals surface area contributed by atoms with E-state index in [1.807, 2.05) is 0 Å². The number of nitrogens with zero attached hydrogens (tertiary/aromatic N) is 1. The average Bonchev–Trinajstić information content (AvgIpc) is 2.63. The maximum atomic E-state index is 12.8. The van der Waals surface area contributed by atoms with E-state index in [0.29, 0.717) is 22.7 Å². The highest BCUT2D eigenvalue weighted by molar-refractivity contribution is 6.39. The number of carbonyl (C=O) groups is 2. The van der Waals surface area contributed by atoms with Gasteiger partial charge in [0, 0.05) is 11.3 Å². The fraction of sp³-hybridized carbons (Fsp3) is 0.118. The number of hydrogen-bond acceptors (Lipinski definition) is 5. The van der Waals surface area contributed by atoms with Crippen molar-refractivity contribution in [2.75, 3.05) is 19.5 Å². The van der Waals surface area contributed by atoms with Gasteiger partial charge in [-0.25, -0.2) is 9.82 Å². The summed E-state index contributed by atoms with van der Waals surface area (Å²) in [5.74, 6) is -1.39. The molecule has 2 aromatic rings. The van der Waals surface area contributed by atoms with Crippen LogP contribution in [0.4, 0.5) is 10.1 Å². The lowest BCUT2D eigenvalue weighted by Gasteiger charge is -2.09. The van der Waals surface area contributed by atoms with Gasteiger partial charge < -0.3 is 14.8 Å². The molecule has 0 saturated heterocycles. The van der Waals surface area contributed by atoms with Crippen molar-refractivity contribution in [3.8, 4) is 11.5 Å². The molecule has 2 amide bonds. The molecule has 0 spiro atoms. The normalized spacial score (nSPS) is 10.4. The number of halogens is 1. The van der Waals surface area contributed by atoms with Gasteiger partial charge in [0.2, 0.25) is 0 Å². The number of benzene rings is 2. The zero-order chi connectivity index (χ0) is 18.2.